The number of amides is 1. The predicted molar refractivity (Wildman–Crippen MR) is 78.5 cm³/mol. The zero-order chi connectivity index (χ0) is 17.0. The van der Waals surface area contributed by atoms with Gasteiger partial charge in [-0.3, -0.25) is 4.79 Å². The fraction of sp³-hybridized carbons (Fsp3) is 0.176. The molecule has 0 spiro atoms. The van der Waals surface area contributed by atoms with Gasteiger partial charge in [0.2, 0.25) is 0 Å². The fourth-order valence-corrected chi connectivity index (χ4v) is 2.05. The van der Waals surface area contributed by atoms with Gasteiger partial charge in [-0.25, -0.2) is 0 Å². The van der Waals surface area contributed by atoms with Gasteiger partial charge in [-0.2, -0.15) is 18.4 Å². The lowest BCUT2D eigenvalue weighted by molar-refractivity contribution is -0.137. The quantitative estimate of drug-likeness (QED) is 0.927. The van der Waals surface area contributed by atoms with Crippen LogP contribution < -0.4 is 5.32 Å². The number of hydrogen-bond donors (Lipinski definition) is 1. The first-order valence-corrected chi connectivity index (χ1v) is 6.79. The second-order valence-electron chi connectivity index (χ2n) is 5.01. The number of nitrogens with zero attached hydrogens (tertiary/aromatic N) is 1. The highest BCUT2D eigenvalue weighted by Crippen LogP contribution is 2.29. The van der Waals surface area contributed by atoms with Crippen LogP contribution in [0.5, 0.6) is 0 Å². The van der Waals surface area contributed by atoms with Crippen molar-refractivity contribution in [2.75, 3.05) is 0 Å². The third kappa shape index (κ3) is 4.10. The van der Waals surface area contributed by atoms with Crippen molar-refractivity contribution in [3.63, 3.8) is 0 Å². The summed E-state index contributed by atoms with van der Waals surface area (Å²) in [5.41, 5.74) is 0.506. The van der Waals surface area contributed by atoms with Crippen LogP contribution in [-0.2, 0) is 6.18 Å². The lowest BCUT2D eigenvalue weighted by Crippen LogP contribution is -2.26. The Balaban J connectivity index is 2.10. The minimum Gasteiger partial charge on any atom is -0.346 e. The highest BCUT2D eigenvalue weighted by atomic mass is 19.4. The molecule has 2 rings (SSSR count). The molecule has 1 atom stereocenters. The summed E-state index contributed by atoms with van der Waals surface area (Å²) < 4.78 is 37.6. The summed E-state index contributed by atoms with van der Waals surface area (Å²) in [4.78, 5) is 12.1. The number of carbonyl (C=O) groups excluding carboxylic acids is 1. The van der Waals surface area contributed by atoms with Crippen LogP contribution in [0.3, 0.4) is 0 Å². The Bertz CT molecular complexity index is 746. The molecule has 23 heavy (non-hydrogen) atoms. The van der Waals surface area contributed by atoms with E-state index in [1.54, 1.807) is 25.1 Å². The standard InChI is InChI=1S/C17H13F3N2O/c1-11(13-5-7-15(8-6-13)17(18,19)20)22-16(23)14-4-2-3-12(9-14)10-21/h2-9,11H,1H3,(H,22,23)/t11-/m1/s1. The lowest BCUT2D eigenvalue weighted by atomic mass is 10.0. The van der Waals surface area contributed by atoms with Crippen molar-refractivity contribution in [2.24, 2.45) is 0 Å². The molecule has 3 nitrogen and oxygen atoms in total. The number of benzene rings is 2. The van der Waals surface area contributed by atoms with Crippen LogP contribution in [-0.4, -0.2) is 5.91 Å². The van der Waals surface area contributed by atoms with E-state index in [0.29, 0.717) is 16.7 Å². The molecule has 2 aromatic rings. The van der Waals surface area contributed by atoms with E-state index >= 15 is 0 Å². The number of rotatable bonds is 3. The van der Waals surface area contributed by atoms with Gasteiger partial charge >= 0.3 is 6.18 Å². The van der Waals surface area contributed by atoms with E-state index < -0.39 is 23.7 Å². The van der Waals surface area contributed by atoms with Gasteiger partial charge in [-0.1, -0.05) is 18.2 Å². The molecular formula is C17H13F3N2O. The smallest absolute Gasteiger partial charge is 0.346 e. The fourth-order valence-electron chi connectivity index (χ4n) is 2.05. The van der Waals surface area contributed by atoms with E-state index in [1.807, 2.05) is 6.07 Å². The first-order valence-electron chi connectivity index (χ1n) is 6.79. The van der Waals surface area contributed by atoms with Gasteiger partial charge in [0, 0.05) is 5.56 Å². The number of halogens is 3. The van der Waals surface area contributed by atoms with Crippen molar-refractivity contribution in [3.05, 3.63) is 70.8 Å². The van der Waals surface area contributed by atoms with Gasteiger partial charge in [0.15, 0.2) is 0 Å². The van der Waals surface area contributed by atoms with Crippen molar-refractivity contribution >= 4 is 5.91 Å². The Labute approximate surface area is 131 Å². The van der Waals surface area contributed by atoms with E-state index in [0.717, 1.165) is 12.1 Å². The average Bonchev–Trinajstić information content (AvgIpc) is 2.54. The Kier molecular flexibility index (Phi) is 4.70. The van der Waals surface area contributed by atoms with E-state index in [9.17, 15) is 18.0 Å². The van der Waals surface area contributed by atoms with Crippen LogP contribution in [0.2, 0.25) is 0 Å². The maximum Gasteiger partial charge on any atom is 0.416 e. The van der Waals surface area contributed by atoms with Gasteiger partial charge < -0.3 is 5.32 Å². The van der Waals surface area contributed by atoms with Crippen LogP contribution in [0, 0.1) is 11.3 Å². The van der Waals surface area contributed by atoms with Gasteiger partial charge in [-0.05, 0) is 42.8 Å². The van der Waals surface area contributed by atoms with Gasteiger partial charge in [0.25, 0.3) is 5.91 Å². The highest BCUT2D eigenvalue weighted by molar-refractivity contribution is 5.94. The van der Waals surface area contributed by atoms with Crippen LogP contribution in [0.25, 0.3) is 0 Å². The first-order chi connectivity index (χ1) is 10.8. The molecule has 6 heteroatoms. The van der Waals surface area contributed by atoms with Crippen LogP contribution in [0.15, 0.2) is 48.5 Å². The van der Waals surface area contributed by atoms with E-state index in [4.69, 9.17) is 5.26 Å². The summed E-state index contributed by atoms with van der Waals surface area (Å²) in [5.74, 6) is -0.394. The molecule has 1 amide bonds. The minimum atomic E-state index is -4.39. The molecule has 0 saturated heterocycles. The largest absolute Gasteiger partial charge is 0.416 e. The third-order valence-corrected chi connectivity index (χ3v) is 3.34. The third-order valence-electron chi connectivity index (χ3n) is 3.34. The Hall–Kier alpha value is -2.81. The number of hydrogen-bond acceptors (Lipinski definition) is 2. The van der Waals surface area contributed by atoms with Crippen LogP contribution in [0.4, 0.5) is 13.2 Å². The maximum absolute atomic E-state index is 12.5. The summed E-state index contributed by atoms with van der Waals surface area (Å²) >= 11 is 0. The molecule has 2 aromatic carbocycles. The van der Waals surface area contributed by atoms with Crippen molar-refractivity contribution in [1.82, 2.24) is 5.32 Å². The molecule has 118 valence electrons. The van der Waals surface area contributed by atoms with E-state index in [-0.39, 0.29) is 0 Å². The summed E-state index contributed by atoms with van der Waals surface area (Å²) in [5, 5.41) is 11.5. The number of alkyl halides is 3. The van der Waals surface area contributed by atoms with Gasteiger partial charge in [0.1, 0.15) is 0 Å². The van der Waals surface area contributed by atoms with Crippen molar-refractivity contribution in [2.45, 2.75) is 19.1 Å². The predicted octanol–water partition coefficient (Wildman–Crippen LogP) is 4.07. The Morgan fingerprint density at radius 1 is 1.17 bits per heavy atom. The highest BCUT2D eigenvalue weighted by Gasteiger charge is 2.30. The number of carbonyl (C=O) groups is 1. The first kappa shape index (κ1) is 16.6. The number of nitriles is 1. The minimum absolute atomic E-state index is 0.322. The number of nitrogens with one attached hydrogen (secondary N) is 1. The second-order valence-corrected chi connectivity index (χ2v) is 5.01. The summed E-state index contributed by atoms with van der Waals surface area (Å²) in [6.07, 6.45) is -4.39. The molecule has 0 aromatic heterocycles. The van der Waals surface area contributed by atoms with Gasteiger partial charge in [-0.15, -0.1) is 0 Å². The average molecular weight is 318 g/mol. The normalized spacial score (nSPS) is 12.3. The van der Waals surface area contributed by atoms with Crippen molar-refractivity contribution in [1.29, 1.82) is 5.26 Å². The summed E-state index contributed by atoms with van der Waals surface area (Å²) in [6, 6.07) is 12.3. The molecule has 0 unspecified atom stereocenters. The molecule has 0 saturated carbocycles. The van der Waals surface area contributed by atoms with Crippen LogP contribution in [0.1, 0.15) is 40.0 Å². The molecule has 0 aliphatic rings. The molecule has 0 bridgehead atoms. The molecular weight excluding hydrogens is 305 g/mol. The molecule has 0 fully saturated rings. The molecule has 1 N–H and O–H groups in total. The van der Waals surface area contributed by atoms with E-state index in [2.05, 4.69) is 5.32 Å². The zero-order valence-corrected chi connectivity index (χ0v) is 12.2. The SMILES string of the molecule is C[C@@H](NC(=O)c1cccc(C#N)c1)c1ccc(C(F)(F)F)cc1. The summed E-state index contributed by atoms with van der Waals surface area (Å²) in [7, 11) is 0. The molecule has 0 radical (unpaired) electrons. The molecule has 0 heterocycles. The molecule has 0 aliphatic carbocycles. The Morgan fingerprint density at radius 3 is 2.39 bits per heavy atom. The maximum atomic E-state index is 12.5. The van der Waals surface area contributed by atoms with Crippen molar-refractivity contribution < 1.29 is 18.0 Å². The topological polar surface area (TPSA) is 52.9 Å². The zero-order valence-electron chi connectivity index (χ0n) is 12.2. The molecule has 0 aliphatic heterocycles. The van der Waals surface area contributed by atoms with Crippen molar-refractivity contribution in [3.8, 4) is 6.07 Å². The van der Waals surface area contributed by atoms with E-state index in [1.165, 1.54) is 18.2 Å². The van der Waals surface area contributed by atoms with Crippen LogP contribution >= 0.6 is 0 Å². The Morgan fingerprint density at radius 2 is 1.83 bits per heavy atom. The monoisotopic (exact) mass is 318 g/mol. The second kappa shape index (κ2) is 6.53. The summed E-state index contributed by atoms with van der Waals surface area (Å²) in [6.45, 7) is 1.68. The lowest BCUT2D eigenvalue weighted by Gasteiger charge is -2.15. The van der Waals surface area contributed by atoms with Gasteiger partial charge in [0.05, 0.1) is 23.2 Å².